The number of alkyl halides is 2. The van der Waals surface area contributed by atoms with E-state index in [0.717, 1.165) is 16.0 Å². The SMILES string of the molecule is C[C@H](Cc1ccc2c(c1)OCCn1nc(N3C(=O)OC[C@H]3C(F)F)cc1-2)C(N)=O. The van der Waals surface area contributed by atoms with Crippen LogP contribution in [0.4, 0.5) is 19.4 Å². The molecule has 1 saturated heterocycles. The van der Waals surface area contributed by atoms with Gasteiger partial charge in [0.25, 0.3) is 6.43 Å². The minimum atomic E-state index is -2.74. The highest BCUT2D eigenvalue weighted by atomic mass is 19.3. The molecule has 0 aliphatic carbocycles. The largest absolute Gasteiger partial charge is 0.491 e. The molecule has 4 rings (SSSR count). The number of primary amides is 1. The fraction of sp³-hybridized carbons (Fsp3) is 0.421. The van der Waals surface area contributed by atoms with E-state index < -0.39 is 18.6 Å². The van der Waals surface area contributed by atoms with Gasteiger partial charge < -0.3 is 15.2 Å². The van der Waals surface area contributed by atoms with Crippen LogP contribution in [0.25, 0.3) is 11.3 Å². The molecule has 1 fully saturated rings. The molecule has 0 unspecified atom stereocenters. The lowest BCUT2D eigenvalue weighted by Gasteiger charge is -2.17. The molecule has 154 valence electrons. The van der Waals surface area contributed by atoms with Crippen LogP contribution in [0.15, 0.2) is 24.3 Å². The summed E-state index contributed by atoms with van der Waals surface area (Å²) in [5, 5.41) is 4.34. The summed E-state index contributed by atoms with van der Waals surface area (Å²) in [4.78, 5) is 24.2. The molecular weight excluding hydrogens is 386 g/mol. The van der Waals surface area contributed by atoms with Crippen molar-refractivity contribution < 1.29 is 27.8 Å². The Balaban J connectivity index is 1.68. The monoisotopic (exact) mass is 406 g/mol. The lowest BCUT2D eigenvalue weighted by molar-refractivity contribution is -0.121. The van der Waals surface area contributed by atoms with Crippen molar-refractivity contribution >= 4 is 17.8 Å². The van der Waals surface area contributed by atoms with E-state index in [-0.39, 0.29) is 24.2 Å². The minimum absolute atomic E-state index is 0.118. The number of aromatic nitrogens is 2. The molecule has 10 heteroatoms. The topological polar surface area (TPSA) is 99.7 Å². The average molecular weight is 406 g/mol. The Kier molecular flexibility index (Phi) is 4.85. The van der Waals surface area contributed by atoms with Crippen molar-refractivity contribution in [1.29, 1.82) is 0 Å². The first-order valence-corrected chi connectivity index (χ1v) is 9.22. The summed E-state index contributed by atoms with van der Waals surface area (Å²) in [6, 6.07) is 5.74. The maximum Gasteiger partial charge on any atom is 0.416 e. The molecule has 2 atom stereocenters. The first-order valence-electron chi connectivity index (χ1n) is 9.22. The number of amides is 2. The van der Waals surface area contributed by atoms with Gasteiger partial charge in [0.15, 0.2) is 5.82 Å². The molecule has 0 spiro atoms. The van der Waals surface area contributed by atoms with Crippen LogP contribution in [0.3, 0.4) is 0 Å². The van der Waals surface area contributed by atoms with Crippen LogP contribution in [0, 0.1) is 5.92 Å². The molecule has 0 saturated carbocycles. The summed E-state index contributed by atoms with van der Waals surface area (Å²) >= 11 is 0. The van der Waals surface area contributed by atoms with Gasteiger partial charge in [0.2, 0.25) is 5.91 Å². The fourth-order valence-electron chi connectivity index (χ4n) is 3.51. The number of carbonyl (C=O) groups excluding carboxylic acids is 2. The van der Waals surface area contributed by atoms with Crippen LogP contribution in [0.5, 0.6) is 5.75 Å². The summed E-state index contributed by atoms with van der Waals surface area (Å²) in [6.45, 7) is 2.09. The second-order valence-electron chi connectivity index (χ2n) is 7.15. The van der Waals surface area contributed by atoms with E-state index in [9.17, 15) is 18.4 Å². The second kappa shape index (κ2) is 7.34. The quantitative estimate of drug-likeness (QED) is 0.821. The van der Waals surface area contributed by atoms with Gasteiger partial charge in [-0.25, -0.2) is 18.5 Å². The first kappa shape index (κ1) is 19.2. The highest BCUT2D eigenvalue weighted by Crippen LogP contribution is 2.37. The lowest BCUT2D eigenvalue weighted by atomic mass is 9.98. The van der Waals surface area contributed by atoms with Crippen molar-refractivity contribution in [3.05, 3.63) is 29.8 Å². The van der Waals surface area contributed by atoms with Crippen molar-refractivity contribution in [2.45, 2.75) is 32.4 Å². The number of carbonyl (C=O) groups is 2. The summed E-state index contributed by atoms with van der Waals surface area (Å²) < 4.78 is 38.8. The Morgan fingerprint density at radius 2 is 2.14 bits per heavy atom. The number of hydrogen-bond donors (Lipinski definition) is 1. The summed E-state index contributed by atoms with van der Waals surface area (Å²) in [5.74, 6) is 0.0175. The standard InChI is InChI=1S/C19H20F2N4O4/c1-10(18(22)26)6-11-2-3-12-13-8-16(23-24(13)4-5-28-15(12)7-11)25-14(17(20)21)9-29-19(25)27/h2-3,7-8,10,14,17H,4-6,9H2,1H3,(H2,22,26)/t10-,14+/m1/s1. The first-order chi connectivity index (χ1) is 13.8. The Morgan fingerprint density at radius 1 is 1.34 bits per heavy atom. The number of rotatable bonds is 5. The van der Waals surface area contributed by atoms with Crippen molar-refractivity contribution in [3.8, 4) is 17.0 Å². The van der Waals surface area contributed by atoms with Crippen LogP contribution in [0.2, 0.25) is 0 Å². The normalized spacial score (nSPS) is 19.2. The van der Waals surface area contributed by atoms with Crippen LogP contribution in [0.1, 0.15) is 12.5 Å². The smallest absolute Gasteiger partial charge is 0.416 e. The Labute approximate surface area is 165 Å². The number of halogens is 2. The van der Waals surface area contributed by atoms with Crippen LogP contribution in [-0.4, -0.2) is 47.5 Å². The number of ether oxygens (including phenoxy) is 2. The molecule has 2 aliphatic heterocycles. The highest BCUT2D eigenvalue weighted by molar-refractivity contribution is 5.90. The van der Waals surface area contributed by atoms with Gasteiger partial charge in [-0.3, -0.25) is 9.48 Å². The number of benzene rings is 1. The molecule has 8 nitrogen and oxygen atoms in total. The third-order valence-electron chi connectivity index (χ3n) is 5.12. The average Bonchev–Trinajstić information content (AvgIpc) is 3.21. The van der Waals surface area contributed by atoms with E-state index in [1.54, 1.807) is 17.7 Å². The van der Waals surface area contributed by atoms with Crippen LogP contribution >= 0.6 is 0 Å². The highest BCUT2D eigenvalue weighted by Gasteiger charge is 2.42. The predicted molar refractivity (Wildman–Crippen MR) is 98.8 cm³/mol. The molecular formula is C19H20F2N4O4. The maximum absolute atomic E-state index is 13.3. The number of fused-ring (bicyclic) bond motifs is 3. The summed E-state index contributed by atoms with van der Waals surface area (Å²) in [6.07, 6.45) is -3.10. The van der Waals surface area contributed by atoms with Gasteiger partial charge in [-0.1, -0.05) is 13.0 Å². The van der Waals surface area contributed by atoms with Gasteiger partial charge in [-0.2, -0.15) is 5.10 Å². The molecule has 2 amide bonds. The van der Waals surface area contributed by atoms with Crippen molar-refractivity contribution in [1.82, 2.24) is 9.78 Å². The third-order valence-corrected chi connectivity index (χ3v) is 5.12. The molecule has 3 heterocycles. The van der Waals surface area contributed by atoms with Crippen LogP contribution < -0.4 is 15.4 Å². The molecule has 29 heavy (non-hydrogen) atoms. The maximum atomic E-state index is 13.3. The second-order valence-corrected chi connectivity index (χ2v) is 7.15. The Hall–Kier alpha value is -3.17. The Bertz CT molecular complexity index is 962. The molecule has 1 aromatic heterocycles. The van der Waals surface area contributed by atoms with E-state index in [1.807, 2.05) is 18.2 Å². The predicted octanol–water partition coefficient (Wildman–Crippen LogP) is 2.20. The number of cyclic esters (lactones) is 1. The summed E-state index contributed by atoms with van der Waals surface area (Å²) in [7, 11) is 0. The van der Waals surface area contributed by atoms with Crippen molar-refractivity contribution in [3.63, 3.8) is 0 Å². The van der Waals surface area contributed by atoms with Gasteiger partial charge in [0.1, 0.15) is 25.0 Å². The zero-order valence-corrected chi connectivity index (χ0v) is 15.7. The molecule has 2 aromatic rings. The number of anilines is 1. The fourth-order valence-corrected chi connectivity index (χ4v) is 3.51. The third kappa shape index (κ3) is 3.50. The van der Waals surface area contributed by atoms with Gasteiger partial charge in [-0.15, -0.1) is 0 Å². The van der Waals surface area contributed by atoms with E-state index >= 15 is 0 Å². The lowest BCUT2D eigenvalue weighted by Crippen LogP contribution is -2.39. The van der Waals surface area contributed by atoms with Crippen molar-refractivity contribution in [2.75, 3.05) is 18.1 Å². The molecule has 1 aromatic carbocycles. The zero-order chi connectivity index (χ0) is 20.7. The Morgan fingerprint density at radius 3 is 2.86 bits per heavy atom. The van der Waals surface area contributed by atoms with Gasteiger partial charge in [-0.05, 0) is 24.1 Å². The van der Waals surface area contributed by atoms with E-state index in [4.69, 9.17) is 15.2 Å². The number of nitrogens with zero attached hydrogens (tertiary/aromatic N) is 3. The van der Waals surface area contributed by atoms with E-state index in [1.165, 1.54) is 0 Å². The molecule has 0 bridgehead atoms. The summed E-state index contributed by atoms with van der Waals surface area (Å²) in [5.41, 5.74) is 7.60. The molecule has 2 aliphatic rings. The van der Waals surface area contributed by atoms with E-state index in [2.05, 4.69) is 5.10 Å². The van der Waals surface area contributed by atoms with Gasteiger partial charge in [0.05, 0.1) is 12.2 Å². The number of hydrogen-bond acceptors (Lipinski definition) is 5. The van der Waals surface area contributed by atoms with Gasteiger partial charge in [0, 0.05) is 17.5 Å². The zero-order valence-electron chi connectivity index (χ0n) is 15.7. The van der Waals surface area contributed by atoms with Crippen molar-refractivity contribution in [2.24, 2.45) is 11.7 Å². The van der Waals surface area contributed by atoms with Gasteiger partial charge >= 0.3 is 6.09 Å². The van der Waals surface area contributed by atoms with Crippen LogP contribution in [-0.2, 0) is 22.5 Å². The van der Waals surface area contributed by atoms with E-state index in [0.29, 0.717) is 31.0 Å². The minimum Gasteiger partial charge on any atom is -0.491 e. The molecule has 0 radical (unpaired) electrons. The molecule has 2 N–H and O–H groups in total. The number of nitrogens with two attached hydrogens (primary N) is 1.